The molecule has 1 N–H and O–H groups in total. The van der Waals surface area contributed by atoms with Gasteiger partial charge in [0.2, 0.25) is 0 Å². The van der Waals surface area contributed by atoms with Crippen LogP contribution in [0.3, 0.4) is 0 Å². The molecule has 0 spiro atoms. The van der Waals surface area contributed by atoms with E-state index >= 15 is 0 Å². The molecule has 1 aromatic carbocycles. The van der Waals surface area contributed by atoms with Crippen LogP contribution in [0.25, 0.3) is 9.40 Å². The number of hydrogen-bond acceptors (Lipinski definition) is 4. The molecule has 0 radical (unpaired) electrons. The molecule has 3 rings (SSSR count). The molecule has 2 nitrogen and oxygen atoms in total. The van der Waals surface area contributed by atoms with Gasteiger partial charge in [-0.05, 0) is 64.6 Å². The number of ether oxygens (including phenoxy) is 1. The number of rotatable bonds is 5. The van der Waals surface area contributed by atoms with Crippen molar-refractivity contribution in [2.24, 2.45) is 0 Å². The largest absolute Gasteiger partial charge is 0.496 e. The van der Waals surface area contributed by atoms with Gasteiger partial charge in [-0.2, -0.15) is 0 Å². The Kier molecular flexibility index (Phi) is 4.64. The minimum atomic E-state index is 0.342. The molecule has 21 heavy (non-hydrogen) atoms. The van der Waals surface area contributed by atoms with Crippen molar-refractivity contribution in [3.05, 3.63) is 50.6 Å². The normalized spacial score (nSPS) is 12.7. The lowest BCUT2D eigenvalue weighted by Gasteiger charge is -2.15. The maximum atomic E-state index is 5.29. The molecule has 0 saturated heterocycles. The molecule has 1 unspecified atom stereocenters. The summed E-state index contributed by atoms with van der Waals surface area (Å²) in [4.78, 5) is 1.39. The van der Waals surface area contributed by atoms with Gasteiger partial charge >= 0.3 is 0 Å². The topological polar surface area (TPSA) is 21.3 Å². The van der Waals surface area contributed by atoms with Crippen LogP contribution in [0.4, 0.5) is 0 Å². The Labute approximate surface area is 140 Å². The summed E-state index contributed by atoms with van der Waals surface area (Å²) >= 11 is 7.24. The monoisotopic (exact) mass is 381 g/mol. The van der Waals surface area contributed by atoms with Gasteiger partial charge < -0.3 is 10.1 Å². The van der Waals surface area contributed by atoms with Crippen molar-refractivity contribution in [3.8, 4) is 5.75 Å². The van der Waals surface area contributed by atoms with Crippen LogP contribution < -0.4 is 10.1 Å². The van der Waals surface area contributed by atoms with Gasteiger partial charge in [-0.1, -0.05) is 6.07 Å². The number of halogens is 1. The summed E-state index contributed by atoms with van der Waals surface area (Å²) in [5.74, 6) is 0.872. The fourth-order valence-corrected chi connectivity index (χ4v) is 5.19. The fourth-order valence-electron chi connectivity index (χ4n) is 2.37. The predicted molar refractivity (Wildman–Crippen MR) is 95.9 cm³/mol. The quantitative estimate of drug-likeness (QED) is 0.652. The van der Waals surface area contributed by atoms with Gasteiger partial charge in [0.15, 0.2) is 0 Å². The van der Waals surface area contributed by atoms with E-state index in [2.05, 4.69) is 50.9 Å². The molecule has 1 atom stereocenters. The summed E-state index contributed by atoms with van der Waals surface area (Å²) in [5, 5.41) is 5.59. The highest BCUT2D eigenvalue weighted by molar-refractivity contribution is 9.10. The molecule has 110 valence electrons. The molecule has 2 heterocycles. The summed E-state index contributed by atoms with van der Waals surface area (Å²) in [6, 6.07) is 11.1. The number of benzene rings is 1. The number of nitrogens with one attached hydrogen (secondary N) is 1. The van der Waals surface area contributed by atoms with Gasteiger partial charge in [0.25, 0.3) is 0 Å². The smallest absolute Gasteiger partial charge is 0.133 e. The SMILES string of the molecule is CNC(Cc1ccc(OC)c(Br)c1)c1cc2sccc2s1. The van der Waals surface area contributed by atoms with E-state index < -0.39 is 0 Å². The van der Waals surface area contributed by atoms with Crippen LogP contribution in [0, 0.1) is 0 Å². The third-order valence-electron chi connectivity index (χ3n) is 3.51. The number of hydrogen-bond donors (Lipinski definition) is 1. The fraction of sp³-hybridized carbons (Fsp3) is 0.250. The number of fused-ring (bicyclic) bond motifs is 1. The molecule has 2 aromatic heterocycles. The Morgan fingerprint density at radius 3 is 2.76 bits per heavy atom. The first-order chi connectivity index (χ1) is 10.2. The molecule has 5 heteroatoms. The van der Waals surface area contributed by atoms with Gasteiger partial charge in [0.1, 0.15) is 5.75 Å². The van der Waals surface area contributed by atoms with E-state index in [1.807, 2.05) is 35.8 Å². The Hall–Kier alpha value is -0.880. The number of thiophene rings is 2. The van der Waals surface area contributed by atoms with Gasteiger partial charge in [-0.15, -0.1) is 22.7 Å². The maximum Gasteiger partial charge on any atom is 0.133 e. The summed E-state index contributed by atoms with van der Waals surface area (Å²) in [5.41, 5.74) is 1.29. The molecule has 0 amide bonds. The zero-order valence-electron chi connectivity index (χ0n) is 11.9. The van der Waals surface area contributed by atoms with Crippen LogP contribution in [-0.4, -0.2) is 14.2 Å². The van der Waals surface area contributed by atoms with Crippen LogP contribution in [0.2, 0.25) is 0 Å². The second kappa shape index (κ2) is 6.48. The molecule has 0 aliphatic carbocycles. The summed E-state index contributed by atoms with van der Waals surface area (Å²) < 4.78 is 9.05. The van der Waals surface area contributed by atoms with Crippen LogP contribution >= 0.6 is 38.6 Å². The molecule has 3 aromatic rings. The molecule has 0 bridgehead atoms. The van der Waals surface area contributed by atoms with Crippen LogP contribution in [-0.2, 0) is 6.42 Å². The number of methoxy groups -OCH3 is 1. The first kappa shape index (κ1) is 15.0. The maximum absolute atomic E-state index is 5.29. The van der Waals surface area contributed by atoms with E-state index in [-0.39, 0.29) is 0 Å². The molecule has 0 saturated carbocycles. The second-order valence-corrected chi connectivity index (χ2v) is 7.73. The summed E-state index contributed by atoms with van der Waals surface area (Å²) in [7, 11) is 3.71. The highest BCUT2D eigenvalue weighted by Crippen LogP contribution is 2.35. The highest BCUT2D eigenvalue weighted by Gasteiger charge is 2.15. The van der Waals surface area contributed by atoms with E-state index in [1.54, 1.807) is 7.11 Å². The van der Waals surface area contributed by atoms with Crippen molar-refractivity contribution in [3.63, 3.8) is 0 Å². The van der Waals surface area contributed by atoms with Gasteiger partial charge in [0.05, 0.1) is 11.6 Å². The van der Waals surface area contributed by atoms with Crippen LogP contribution in [0.15, 0.2) is 40.2 Å². The Balaban J connectivity index is 1.83. The van der Waals surface area contributed by atoms with Crippen molar-refractivity contribution in [2.45, 2.75) is 12.5 Å². The highest BCUT2D eigenvalue weighted by atomic mass is 79.9. The third kappa shape index (κ3) is 3.16. The first-order valence-electron chi connectivity index (χ1n) is 6.68. The van der Waals surface area contributed by atoms with Gasteiger partial charge in [-0.3, -0.25) is 0 Å². The standard InChI is InChI=1S/C16H16BrNOS2/c1-18-12(15-9-16-14(21-15)5-6-20-16)8-10-3-4-13(19-2)11(17)7-10/h3-7,9,12,18H,8H2,1-2H3. The van der Waals surface area contributed by atoms with Crippen LogP contribution in [0.5, 0.6) is 5.75 Å². The van der Waals surface area contributed by atoms with E-state index in [1.165, 1.54) is 19.8 Å². The van der Waals surface area contributed by atoms with E-state index in [9.17, 15) is 0 Å². The predicted octanol–water partition coefficient (Wildman–Crippen LogP) is 5.24. The van der Waals surface area contributed by atoms with E-state index in [0.717, 1.165) is 16.6 Å². The lowest BCUT2D eigenvalue weighted by atomic mass is 10.0. The van der Waals surface area contributed by atoms with Crippen molar-refractivity contribution in [1.82, 2.24) is 5.32 Å². The van der Waals surface area contributed by atoms with Crippen molar-refractivity contribution in [1.29, 1.82) is 0 Å². The molecule has 0 fully saturated rings. The zero-order chi connectivity index (χ0) is 14.8. The first-order valence-corrected chi connectivity index (χ1v) is 9.17. The van der Waals surface area contributed by atoms with Crippen molar-refractivity contribution < 1.29 is 4.74 Å². The van der Waals surface area contributed by atoms with Gasteiger partial charge in [-0.25, -0.2) is 0 Å². The van der Waals surface area contributed by atoms with E-state index in [4.69, 9.17) is 4.74 Å². The average Bonchev–Trinajstić information content (AvgIpc) is 3.06. The van der Waals surface area contributed by atoms with Crippen molar-refractivity contribution >= 4 is 48.0 Å². The minimum absolute atomic E-state index is 0.342. The molecule has 0 aliphatic heterocycles. The van der Waals surface area contributed by atoms with Crippen LogP contribution in [0.1, 0.15) is 16.5 Å². The lowest BCUT2D eigenvalue weighted by molar-refractivity contribution is 0.412. The Morgan fingerprint density at radius 1 is 1.24 bits per heavy atom. The Morgan fingerprint density at radius 2 is 2.10 bits per heavy atom. The molecular formula is C16H16BrNOS2. The summed E-state index contributed by atoms with van der Waals surface area (Å²) in [6.07, 6.45) is 0.965. The molecule has 0 aliphatic rings. The minimum Gasteiger partial charge on any atom is -0.496 e. The second-order valence-electron chi connectivity index (χ2n) is 4.81. The zero-order valence-corrected chi connectivity index (χ0v) is 15.1. The lowest BCUT2D eigenvalue weighted by Crippen LogP contribution is -2.17. The third-order valence-corrected chi connectivity index (χ3v) is 6.33. The van der Waals surface area contributed by atoms with E-state index in [0.29, 0.717) is 6.04 Å². The average molecular weight is 382 g/mol. The Bertz CT molecular complexity index is 721. The number of likely N-dealkylation sites (N-methyl/N-ethyl adjacent to an activating group) is 1. The van der Waals surface area contributed by atoms with Gasteiger partial charge in [0, 0.05) is 20.3 Å². The summed E-state index contributed by atoms with van der Waals surface area (Å²) in [6.45, 7) is 0. The molecular weight excluding hydrogens is 366 g/mol. The van der Waals surface area contributed by atoms with Crippen molar-refractivity contribution in [2.75, 3.05) is 14.2 Å².